The predicted octanol–water partition coefficient (Wildman–Crippen LogP) is 4.13. The van der Waals surface area contributed by atoms with Crippen molar-refractivity contribution >= 4 is 22.4 Å². The third-order valence-corrected chi connectivity index (χ3v) is 5.16. The van der Waals surface area contributed by atoms with E-state index in [9.17, 15) is 4.79 Å². The standard InChI is InChI=1S/C22H22N2O2/c1-4-21-13(2)17(18(12-26-21)14(3)25)10-20-22-16(11-23-20)9-15-7-5-6-8-19(15)24-22/h4-10,13,23H,11-12H2,1-3H3/b20-10-,21-4-. The Morgan fingerprint density at radius 3 is 2.92 bits per heavy atom. The number of nitrogens with zero attached hydrogens (tertiary/aromatic N) is 1. The average Bonchev–Trinajstić information content (AvgIpc) is 3.03. The maximum absolute atomic E-state index is 12.1. The van der Waals surface area contributed by atoms with E-state index in [1.807, 2.05) is 31.2 Å². The Bertz CT molecular complexity index is 998. The molecular formula is C22H22N2O2. The molecule has 0 fully saturated rings. The summed E-state index contributed by atoms with van der Waals surface area (Å²) in [5, 5.41) is 4.60. The second kappa shape index (κ2) is 6.45. The average molecular weight is 346 g/mol. The summed E-state index contributed by atoms with van der Waals surface area (Å²) in [6.07, 6.45) is 4.06. The smallest absolute Gasteiger partial charge is 0.159 e. The fourth-order valence-corrected chi connectivity index (χ4v) is 3.71. The van der Waals surface area contributed by atoms with Crippen LogP contribution >= 0.6 is 0 Å². The minimum absolute atomic E-state index is 0.0476. The van der Waals surface area contributed by atoms with Gasteiger partial charge in [0.05, 0.1) is 22.7 Å². The van der Waals surface area contributed by atoms with Crippen LogP contribution in [0.15, 0.2) is 59.4 Å². The molecule has 26 heavy (non-hydrogen) atoms. The van der Waals surface area contributed by atoms with Crippen molar-refractivity contribution in [2.24, 2.45) is 5.92 Å². The van der Waals surface area contributed by atoms with E-state index >= 15 is 0 Å². The number of carbonyl (C=O) groups excluding carboxylic acids is 1. The number of para-hydroxylation sites is 1. The Morgan fingerprint density at radius 1 is 1.35 bits per heavy atom. The predicted molar refractivity (Wildman–Crippen MR) is 103 cm³/mol. The minimum atomic E-state index is 0.0476. The fraction of sp³-hybridized carbons (Fsp3) is 0.273. The van der Waals surface area contributed by atoms with Gasteiger partial charge in [0.1, 0.15) is 6.61 Å². The fourth-order valence-electron chi connectivity index (χ4n) is 3.71. The van der Waals surface area contributed by atoms with E-state index in [2.05, 4.69) is 30.4 Å². The summed E-state index contributed by atoms with van der Waals surface area (Å²) in [5.41, 5.74) is 5.87. The normalized spacial score (nSPS) is 22.5. The summed E-state index contributed by atoms with van der Waals surface area (Å²) in [7, 11) is 0. The van der Waals surface area contributed by atoms with Crippen molar-refractivity contribution in [3.05, 3.63) is 70.6 Å². The van der Waals surface area contributed by atoms with Crippen LogP contribution in [0.2, 0.25) is 0 Å². The zero-order valence-electron chi connectivity index (χ0n) is 15.3. The Kier molecular flexibility index (Phi) is 4.11. The van der Waals surface area contributed by atoms with Crippen LogP contribution in [0.5, 0.6) is 0 Å². The maximum atomic E-state index is 12.1. The van der Waals surface area contributed by atoms with Gasteiger partial charge in [0.25, 0.3) is 0 Å². The first-order valence-electron chi connectivity index (χ1n) is 8.96. The number of nitrogens with one attached hydrogen (secondary N) is 1. The van der Waals surface area contributed by atoms with Crippen molar-refractivity contribution in [2.45, 2.75) is 27.3 Å². The van der Waals surface area contributed by atoms with Crippen molar-refractivity contribution in [1.29, 1.82) is 0 Å². The van der Waals surface area contributed by atoms with Gasteiger partial charge in [0.15, 0.2) is 5.78 Å². The highest BCUT2D eigenvalue weighted by Crippen LogP contribution is 2.34. The van der Waals surface area contributed by atoms with Gasteiger partial charge in [-0.1, -0.05) is 25.1 Å². The molecular weight excluding hydrogens is 324 g/mol. The number of aromatic nitrogens is 1. The van der Waals surface area contributed by atoms with Crippen molar-refractivity contribution in [2.75, 3.05) is 6.61 Å². The SMILES string of the molecule is C/C=C1\OCC(C(C)=O)=C(/C=C2\NCc3cc4ccccc4nc32)C1C. The Morgan fingerprint density at radius 2 is 2.15 bits per heavy atom. The first kappa shape index (κ1) is 16.6. The molecule has 0 radical (unpaired) electrons. The third-order valence-electron chi connectivity index (χ3n) is 5.16. The lowest BCUT2D eigenvalue weighted by molar-refractivity contribution is -0.114. The van der Waals surface area contributed by atoms with Crippen LogP contribution in [0.4, 0.5) is 0 Å². The van der Waals surface area contributed by atoms with Gasteiger partial charge in [0.2, 0.25) is 0 Å². The van der Waals surface area contributed by atoms with E-state index in [1.165, 1.54) is 5.56 Å². The molecule has 0 spiro atoms. The largest absolute Gasteiger partial charge is 0.493 e. The number of pyridine rings is 1. The third kappa shape index (κ3) is 2.71. The monoisotopic (exact) mass is 346 g/mol. The lowest BCUT2D eigenvalue weighted by Gasteiger charge is -2.27. The van der Waals surface area contributed by atoms with Gasteiger partial charge in [-0.2, -0.15) is 0 Å². The molecule has 1 N–H and O–H groups in total. The van der Waals surface area contributed by atoms with Crippen LogP contribution in [0.25, 0.3) is 16.6 Å². The van der Waals surface area contributed by atoms with E-state index in [-0.39, 0.29) is 11.7 Å². The van der Waals surface area contributed by atoms with Gasteiger partial charge >= 0.3 is 0 Å². The Balaban J connectivity index is 1.84. The number of Topliss-reactive ketones (excluding diaryl/α,β-unsaturated/α-hetero) is 1. The maximum Gasteiger partial charge on any atom is 0.159 e. The molecule has 1 atom stereocenters. The molecule has 3 heterocycles. The van der Waals surface area contributed by atoms with Gasteiger partial charge in [-0.3, -0.25) is 4.79 Å². The van der Waals surface area contributed by atoms with Crippen molar-refractivity contribution in [3.63, 3.8) is 0 Å². The molecule has 132 valence electrons. The molecule has 4 rings (SSSR count). The summed E-state index contributed by atoms with van der Waals surface area (Å²) < 4.78 is 5.75. The summed E-state index contributed by atoms with van der Waals surface area (Å²) in [6, 6.07) is 10.3. The molecule has 1 unspecified atom stereocenters. The quantitative estimate of drug-likeness (QED) is 0.888. The molecule has 4 nitrogen and oxygen atoms in total. The van der Waals surface area contributed by atoms with Gasteiger partial charge in [-0.05, 0) is 49.3 Å². The number of benzene rings is 1. The number of carbonyl (C=O) groups is 1. The highest BCUT2D eigenvalue weighted by Gasteiger charge is 2.27. The van der Waals surface area contributed by atoms with Crippen LogP contribution < -0.4 is 5.32 Å². The first-order chi connectivity index (χ1) is 12.6. The van der Waals surface area contributed by atoms with Crippen LogP contribution in [0.3, 0.4) is 0 Å². The molecule has 2 aliphatic rings. The number of allylic oxidation sites excluding steroid dienone is 3. The van der Waals surface area contributed by atoms with Crippen LogP contribution in [0, 0.1) is 5.92 Å². The molecule has 1 aromatic heterocycles. The molecule has 1 aromatic carbocycles. The van der Waals surface area contributed by atoms with E-state index in [0.29, 0.717) is 6.61 Å². The lowest BCUT2D eigenvalue weighted by atomic mass is 9.89. The summed E-state index contributed by atoms with van der Waals surface area (Å²) in [4.78, 5) is 17.0. The van der Waals surface area contributed by atoms with Gasteiger partial charge < -0.3 is 10.1 Å². The van der Waals surface area contributed by atoms with Crippen molar-refractivity contribution in [1.82, 2.24) is 10.3 Å². The van der Waals surface area contributed by atoms with E-state index in [0.717, 1.165) is 45.7 Å². The zero-order chi connectivity index (χ0) is 18.3. The van der Waals surface area contributed by atoms with E-state index < -0.39 is 0 Å². The minimum Gasteiger partial charge on any atom is -0.493 e. The first-order valence-corrected chi connectivity index (χ1v) is 8.96. The number of rotatable bonds is 2. The number of hydrogen-bond acceptors (Lipinski definition) is 4. The lowest BCUT2D eigenvalue weighted by Crippen LogP contribution is -2.21. The molecule has 2 aliphatic heterocycles. The molecule has 0 amide bonds. The van der Waals surface area contributed by atoms with E-state index in [4.69, 9.17) is 9.72 Å². The van der Waals surface area contributed by atoms with E-state index in [1.54, 1.807) is 6.92 Å². The Labute approximate surface area is 153 Å². The molecule has 2 aromatic rings. The van der Waals surface area contributed by atoms with Crippen LogP contribution in [-0.2, 0) is 16.1 Å². The molecule has 0 saturated heterocycles. The topological polar surface area (TPSA) is 51.2 Å². The molecule has 0 bridgehead atoms. The van der Waals surface area contributed by atoms with Crippen molar-refractivity contribution < 1.29 is 9.53 Å². The number of ether oxygens (including phenoxy) is 1. The second-order valence-electron chi connectivity index (χ2n) is 6.79. The zero-order valence-corrected chi connectivity index (χ0v) is 15.3. The van der Waals surface area contributed by atoms with Gasteiger partial charge in [-0.15, -0.1) is 0 Å². The summed E-state index contributed by atoms with van der Waals surface area (Å²) in [6.45, 7) is 6.73. The van der Waals surface area contributed by atoms with Crippen LogP contribution in [0.1, 0.15) is 32.0 Å². The Hall–Kier alpha value is -2.88. The molecule has 4 heteroatoms. The molecule has 0 saturated carbocycles. The number of fused-ring (bicyclic) bond motifs is 2. The van der Waals surface area contributed by atoms with Gasteiger partial charge in [0, 0.05) is 23.4 Å². The van der Waals surface area contributed by atoms with Crippen LogP contribution in [-0.4, -0.2) is 17.4 Å². The second-order valence-corrected chi connectivity index (χ2v) is 6.79. The highest BCUT2D eigenvalue weighted by atomic mass is 16.5. The summed E-state index contributed by atoms with van der Waals surface area (Å²) in [5.74, 6) is 1.02. The van der Waals surface area contributed by atoms with Gasteiger partial charge in [-0.25, -0.2) is 4.98 Å². The summed E-state index contributed by atoms with van der Waals surface area (Å²) >= 11 is 0. The number of ketones is 1. The number of hydrogen-bond donors (Lipinski definition) is 1. The highest BCUT2D eigenvalue weighted by molar-refractivity contribution is 5.96. The van der Waals surface area contributed by atoms with Crippen molar-refractivity contribution in [3.8, 4) is 0 Å². The molecule has 0 aliphatic carbocycles.